The second-order valence-electron chi connectivity index (χ2n) is 4.45. The Labute approximate surface area is 114 Å². The highest BCUT2D eigenvalue weighted by atomic mass is 35.5. The fourth-order valence-electron chi connectivity index (χ4n) is 1.66. The summed E-state index contributed by atoms with van der Waals surface area (Å²) in [7, 11) is -1.19. The van der Waals surface area contributed by atoms with Crippen molar-refractivity contribution < 1.29 is 8.42 Å². The van der Waals surface area contributed by atoms with E-state index in [1.54, 1.807) is 12.1 Å². The molecule has 0 bridgehead atoms. The monoisotopic (exact) mass is 287 g/mol. The van der Waals surface area contributed by atoms with Gasteiger partial charge in [-0.1, -0.05) is 30.3 Å². The zero-order chi connectivity index (χ0) is 13.9. The molecule has 0 aliphatic rings. The van der Waals surface area contributed by atoms with E-state index < -0.39 is 9.84 Å². The fourth-order valence-corrected chi connectivity index (χ4v) is 2.47. The zero-order valence-electron chi connectivity index (χ0n) is 10.9. The third kappa shape index (κ3) is 4.12. The van der Waals surface area contributed by atoms with Crippen molar-refractivity contribution in [2.75, 3.05) is 19.8 Å². The summed E-state index contributed by atoms with van der Waals surface area (Å²) in [6.45, 7) is 6.29. The number of hydrogen-bond acceptors (Lipinski definition) is 3. The molecule has 0 spiro atoms. The van der Waals surface area contributed by atoms with Gasteiger partial charge in [0.2, 0.25) is 0 Å². The van der Waals surface area contributed by atoms with E-state index in [4.69, 9.17) is 11.6 Å². The summed E-state index contributed by atoms with van der Waals surface area (Å²) in [5.41, 5.74) is 1.04. The number of likely N-dealkylation sites (N-methyl/N-ethyl adjacent to an activating group) is 1. The van der Waals surface area contributed by atoms with E-state index in [0.717, 1.165) is 5.56 Å². The van der Waals surface area contributed by atoms with Gasteiger partial charge in [0, 0.05) is 23.9 Å². The molecule has 5 heteroatoms. The fraction of sp³-hybridized carbons (Fsp3) is 0.385. The highest BCUT2D eigenvalue weighted by molar-refractivity contribution is 7.90. The Morgan fingerprint density at radius 3 is 2.28 bits per heavy atom. The molecule has 3 nitrogen and oxygen atoms in total. The maximum absolute atomic E-state index is 11.4. The summed E-state index contributed by atoms with van der Waals surface area (Å²) in [6.07, 6.45) is 1.20. The quantitative estimate of drug-likeness (QED) is 0.836. The normalized spacial score (nSPS) is 13.6. The Kier molecular flexibility index (Phi) is 4.96. The lowest BCUT2D eigenvalue weighted by atomic mass is 10.1. The van der Waals surface area contributed by atoms with E-state index in [2.05, 4.69) is 6.58 Å². The van der Waals surface area contributed by atoms with Crippen LogP contribution in [0.3, 0.4) is 0 Å². The molecule has 0 aliphatic heterocycles. The largest absolute Gasteiger partial charge is 0.295 e. The topological polar surface area (TPSA) is 37.4 Å². The molecule has 0 N–H and O–H groups in total. The summed E-state index contributed by atoms with van der Waals surface area (Å²) in [5, 5.41) is 0.581. The van der Waals surface area contributed by atoms with E-state index in [9.17, 15) is 8.42 Å². The molecule has 1 atom stereocenters. The second kappa shape index (κ2) is 5.87. The maximum Gasteiger partial charge on any atom is 0.175 e. The van der Waals surface area contributed by atoms with Crippen LogP contribution in [0.25, 0.3) is 0 Å². The molecule has 1 rings (SSSR count). The number of rotatable bonds is 5. The number of halogens is 1. The Morgan fingerprint density at radius 2 is 1.89 bits per heavy atom. The molecule has 0 aliphatic carbocycles. The van der Waals surface area contributed by atoms with Crippen molar-refractivity contribution >= 4 is 21.4 Å². The molecule has 0 aromatic heterocycles. The van der Waals surface area contributed by atoms with Gasteiger partial charge in [-0.25, -0.2) is 8.42 Å². The molecule has 0 amide bonds. The lowest BCUT2D eigenvalue weighted by Crippen LogP contribution is -2.23. The highest BCUT2D eigenvalue weighted by Gasteiger charge is 2.13. The van der Waals surface area contributed by atoms with E-state index >= 15 is 0 Å². The average molecular weight is 288 g/mol. The van der Waals surface area contributed by atoms with Crippen molar-refractivity contribution in [1.82, 2.24) is 4.90 Å². The number of sulfone groups is 1. The van der Waals surface area contributed by atoms with E-state index in [0.29, 0.717) is 16.5 Å². The lowest BCUT2D eigenvalue weighted by Gasteiger charge is -2.24. The molecule has 100 valence electrons. The van der Waals surface area contributed by atoms with E-state index in [-0.39, 0.29) is 6.04 Å². The van der Waals surface area contributed by atoms with Crippen LogP contribution in [0.5, 0.6) is 0 Å². The average Bonchev–Trinajstić information content (AvgIpc) is 2.26. The second-order valence-corrected chi connectivity index (χ2v) is 7.00. The third-order valence-electron chi connectivity index (χ3n) is 2.87. The lowest BCUT2D eigenvalue weighted by molar-refractivity contribution is 0.287. The molecule has 0 heterocycles. The van der Waals surface area contributed by atoms with Crippen LogP contribution in [0.1, 0.15) is 18.5 Å². The van der Waals surface area contributed by atoms with Crippen LogP contribution in [0.2, 0.25) is 0 Å². The molecule has 0 saturated carbocycles. The van der Waals surface area contributed by atoms with Crippen molar-refractivity contribution in [3.63, 3.8) is 0 Å². The van der Waals surface area contributed by atoms with E-state index in [1.807, 2.05) is 31.0 Å². The van der Waals surface area contributed by atoms with Gasteiger partial charge in [0.25, 0.3) is 0 Å². The Balaban J connectivity index is 2.88. The number of benzene rings is 1. The van der Waals surface area contributed by atoms with Crippen LogP contribution in [0, 0.1) is 0 Å². The van der Waals surface area contributed by atoms with Gasteiger partial charge in [-0.15, -0.1) is 0 Å². The van der Waals surface area contributed by atoms with Crippen LogP contribution in [-0.4, -0.2) is 33.2 Å². The summed E-state index contributed by atoms with van der Waals surface area (Å²) >= 11 is 5.77. The predicted octanol–water partition coefficient (Wildman–Crippen LogP) is 2.84. The number of hydrogen-bond donors (Lipinski definition) is 0. The first-order chi connectivity index (χ1) is 8.21. The van der Waals surface area contributed by atoms with Crippen molar-refractivity contribution in [2.24, 2.45) is 0 Å². The van der Waals surface area contributed by atoms with Crippen LogP contribution < -0.4 is 0 Å². The van der Waals surface area contributed by atoms with Gasteiger partial charge in [0.15, 0.2) is 9.84 Å². The maximum atomic E-state index is 11.4. The molecule has 0 fully saturated rings. The van der Waals surface area contributed by atoms with Gasteiger partial charge in [0.1, 0.15) is 0 Å². The first-order valence-electron chi connectivity index (χ1n) is 5.55. The van der Waals surface area contributed by atoms with Gasteiger partial charge in [-0.2, -0.15) is 0 Å². The third-order valence-corrected chi connectivity index (χ3v) is 4.12. The van der Waals surface area contributed by atoms with Crippen LogP contribution in [0.15, 0.2) is 40.8 Å². The first-order valence-corrected chi connectivity index (χ1v) is 7.82. The summed E-state index contributed by atoms with van der Waals surface area (Å²) < 4.78 is 22.7. The van der Waals surface area contributed by atoms with Gasteiger partial charge < -0.3 is 0 Å². The van der Waals surface area contributed by atoms with E-state index in [1.165, 1.54) is 6.26 Å². The standard InChI is InChI=1S/C13H18ClNO2S/c1-10(14)9-15(3)11(2)12-5-7-13(8-6-12)18(4,16)17/h5-8,11H,1,9H2,2-4H3/t11-/m0/s1. The molecule has 0 unspecified atom stereocenters. The Bertz CT molecular complexity index is 522. The Hall–Kier alpha value is -0.840. The van der Waals surface area contributed by atoms with Crippen LogP contribution in [-0.2, 0) is 9.84 Å². The summed E-state index contributed by atoms with van der Waals surface area (Å²) in [4.78, 5) is 2.38. The predicted molar refractivity (Wildman–Crippen MR) is 75.6 cm³/mol. The molecule has 1 aromatic rings. The first kappa shape index (κ1) is 15.2. The molecule has 1 aromatic carbocycles. The van der Waals surface area contributed by atoms with Crippen molar-refractivity contribution in [2.45, 2.75) is 17.9 Å². The van der Waals surface area contributed by atoms with Gasteiger partial charge >= 0.3 is 0 Å². The molecular formula is C13H18ClNO2S. The van der Waals surface area contributed by atoms with Gasteiger partial charge in [-0.3, -0.25) is 4.90 Å². The zero-order valence-corrected chi connectivity index (χ0v) is 12.4. The van der Waals surface area contributed by atoms with Crippen LogP contribution >= 0.6 is 11.6 Å². The molecular weight excluding hydrogens is 270 g/mol. The molecule has 0 saturated heterocycles. The van der Waals surface area contributed by atoms with Gasteiger partial charge in [0.05, 0.1) is 4.90 Å². The Morgan fingerprint density at radius 1 is 1.39 bits per heavy atom. The summed E-state index contributed by atoms with van der Waals surface area (Å²) in [5.74, 6) is 0. The minimum absolute atomic E-state index is 0.147. The van der Waals surface area contributed by atoms with Crippen LogP contribution in [0.4, 0.5) is 0 Å². The number of nitrogens with zero attached hydrogens (tertiary/aromatic N) is 1. The minimum Gasteiger partial charge on any atom is -0.295 e. The SMILES string of the molecule is C=C(Cl)CN(C)[C@@H](C)c1ccc(S(C)(=O)=O)cc1. The van der Waals surface area contributed by atoms with Crippen molar-refractivity contribution in [3.05, 3.63) is 41.4 Å². The smallest absolute Gasteiger partial charge is 0.175 e. The summed E-state index contributed by atoms with van der Waals surface area (Å²) in [6, 6.07) is 7.06. The molecule has 0 radical (unpaired) electrons. The molecule has 18 heavy (non-hydrogen) atoms. The van der Waals surface area contributed by atoms with Crippen molar-refractivity contribution in [3.8, 4) is 0 Å². The highest BCUT2D eigenvalue weighted by Crippen LogP contribution is 2.21. The van der Waals surface area contributed by atoms with Gasteiger partial charge in [-0.05, 0) is 31.7 Å². The van der Waals surface area contributed by atoms with Crippen molar-refractivity contribution in [1.29, 1.82) is 0 Å². The minimum atomic E-state index is -3.13.